The van der Waals surface area contributed by atoms with E-state index in [1.54, 1.807) is 0 Å². The van der Waals surface area contributed by atoms with Crippen molar-refractivity contribution in [2.75, 3.05) is 37.0 Å². The van der Waals surface area contributed by atoms with E-state index in [9.17, 15) is 19.2 Å². The molecule has 0 bridgehead atoms. The van der Waals surface area contributed by atoms with E-state index in [4.69, 9.17) is 23.2 Å². The molecule has 10 heteroatoms. The van der Waals surface area contributed by atoms with Crippen LogP contribution in [0.3, 0.4) is 0 Å². The van der Waals surface area contributed by atoms with E-state index in [1.807, 2.05) is 143 Å². The van der Waals surface area contributed by atoms with Gasteiger partial charge in [-0.3, -0.25) is 19.2 Å². The van der Waals surface area contributed by atoms with Gasteiger partial charge >= 0.3 is 0 Å². The molecule has 0 radical (unpaired) electrons. The summed E-state index contributed by atoms with van der Waals surface area (Å²) in [4.78, 5) is 62.5. The highest BCUT2D eigenvalue weighted by Crippen LogP contribution is 2.67. The minimum absolute atomic E-state index is 0.158. The van der Waals surface area contributed by atoms with Gasteiger partial charge in [0, 0.05) is 69.3 Å². The number of rotatable bonds is 16. The van der Waals surface area contributed by atoms with Gasteiger partial charge in [-0.1, -0.05) is 120 Å². The van der Waals surface area contributed by atoms with Gasteiger partial charge in [0.25, 0.3) is 0 Å². The lowest BCUT2D eigenvalue weighted by molar-refractivity contribution is -0.121. The van der Waals surface area contributed by atoms with E-state index < -0.39 is 10.8 Å². The Balaban J connectivity index is 0.000000159. The van der Waals surface area contributed by atoms with Gasteiger partial charge in [0.15, 0.2) is 11.6 Å². The van der Waals surface area contributed by atoms with Gasteiger partial charge in [-0.15, -0.1) is 0 Å². The molecule has 2 aliphatic carbocycles. The van der Waals surface area contributed by atoms with Gasteiger partial charge in [0.2, 0.25) is 11.8 Å². The summed E-state index contributed by atoms with van der Waals surface area (Å²) in [7, 11) is 4.37. The number of carbonyl (C=O) groups is 4. The summed E-state index contributed by atoms with van der Waals surface area (Å²) in [5.74, 6) is 1.02. The average molecular weight is 1030 g/mol. The number of Topliss-reactive ketones (excluding diaryl/α,β-unsaturated/α-hetero) is 2. The predicted molar refractivity (Wildman–Crippen MR) is 297 cm³/mol. The maximum atomic E-state index is 13.9. The molecule has 2 spiro atoms. The van der Waals surface area contributed by atoms with Crippen LogP contribution >= 0.6 is 23.2 Å². The van der Waals surface area contributed by atoms with Crippen molar-refractivity contribution in [2.45, 2.75) is 125 Å². The van der Waals surface area contributed by atoms with E-state index in [0.717, 1.165) is 94.4 Å². The zero-order chi connectivity index (χ0) is 51.1. The normalized spacial score (nSPS) is 24.6. The fourth-order valence-electron chi connectivity index (χ4n) is 13.2. The van der Waals surface area contributed by atoms with Crippen molar-refractivity contribution in [1.29, 1.82) is 0 Å². The highest BCUT2D eigenvalue weighted by atomic mass is 35.5. The topological polar surface area (TPSA) is 81.2 Å². The van der Waals surface area contributed by atoms with Crippen LogP contribution in [0.4, 0.5) is 11.4 Å². The number of halogens is 2. The number of likely N-dealkylation sites (tertiary alicyclic amines) is 2. The Bertz CT molecular complexity index is 2880. The summed E-state index contributed by atoms with van der Waals surface area (Å²) in [6, 6.07) is 49.1. The molecule has 6 aliphatic rings. The first-order valence-corrected chi connectivity index (χ1v) is 27.7. The molecule has 6 atom stereocenters. The lowest BCUT2D eigenvalue weighted by Gasteiger charge is -2.19. The molecular formula is C64H66Cl2N4O4. The molecule has 74 heavy (non-hydrogen) atoms. The molecule has 0 aromatic heterocycles. The molecule has 8 nitrogen and oxygen atoms in total. The molecule has 4 aliphatic heterocycles. The van der Waals surface area contributed by atoms with Crippen LogP contribution in [-0.4, -0.2) is 72.4 Å². The number of hydrogen-bond donors (Lipinski definition) is 0. The van der Waals surface area contributed by atoms with Crippen LogP contribution in [0.5, 0.6) is 0 Å². The summed E-state index contributed by atoms with van der Waals surface area (Å²) >= 11 is 12.2. The van der Waals surface area contributed by atoms with E-state index in [0.29, 0.717) is 48.1 Å². The zero-order valence-electron chi connectivity index (χ0n) is 42.7. The second kappa shape index (κ2) is 21.0. The SMILES string of the molecule is CN1CCCC1CCCC(=O)c1cccc(CN2C(=O)[C@@]3(C[C@H]3c3ccc(Cl)cc3)c3ccccc32)c1.CN1CCCC1CCCC(=O)c1cccc(CN2C(=O)[C@]3(C[C@@H]3c3ccc(Cl)cc3)c3ccccc32)c1. The van der Waals surface area contributed by atoms with Gasteiger partial charge in [0.1, 0.15) is 0 Å². The number of ketones is 2. The Hall–Kier alpha value is -5.90. The second-order valence-corrected chi connectivity index (χ2v) is 22.8. The van der Waals surface area contributed by atoms with E-state index in [2.05, 4.69) is 36.0 Å². The zero-order valence-corrected chi connectivity index (χ0v) is 44.2. The summed E-state index contributed by atoms with van der Waals surface area (Å²) in [5.41, 5.74) is 9.01. The van der Waals surface area contributed by atoms with Crippen LogP contribution < -0.4 is 9.80 Å². The van der Waals surface area contributed by atoms with Crippen LogP contribution in [0.1, 0.15) is 143 Å². The molecule has 6 aromatic rings. The Morgan fingerprint density at radius 1 is 0.527 bits per heavy atom. The number of amides is 2. The first-order valence-electron chi connectivity index (χ1n) is 26.9. The molecule has 2 saturated heterocycles. The van der Waals surface area contributed by atoms with Crippen molar-refractivity contribution in [1.82, 2.24) is 9.80 Å². The van der Waals surface area contributed by atoms with Crippen molar-refractivity contribution >= 4 is 58.0 Å². The molecule has 380 valence electrons. The Kier molecular flexibility index (Phi) is 14.3. The average Bonchev–Trinajstić information content (AvgIpc) is 4.22. The number of hydrogen-bond acceptors (Lipinski definition) is 6. The maximum Gasteiger partial charge on any atom is 0.238 e. The fraction of sp³-hybridized carbons (Fsp3) is 0.375. The van der Waals surface area contributed by atoms with Gasteiger partial charge in [-0.2, -0.15) is 0 Å². The molecule has 2 saturated carbocycles. The summed E-state index contributed by atoms with van der Waals surface area (Å²) in [6.45, 7) is 3.28. The van der Waals surface area contributed by atoms with Crippen molar-refractivity contribution in [3.63, 3.8) is 0 Å². The third-order valence-electron chi connectivity index (χ3n) is 17.5. The minimum Gasteiger partial charge on any atom is -0.307 e. The predicted octanol–water partition coefficient (Wildman–Crippen LogP) is 13.5. The van der Waals surface area contributed by atoms with Crippen LogP contribution in [-0.2, 0) is 33.5 Å². The second-order valence-electron chi connectivity index (χ2n) is 22.0. The van der Waals surface area contributed by atoms with Crippen molar-refractivity contribution in [2.24, 2.45) is 0 Å². The van der Waals surface area contributed by atoms with Gasteiger partial charge in [0.05, 0.1) is 23.9 Å². The van der Waals surface area contributed by atoms with Crippen LogP contribution in [0.25, 0.3) is 0 Å². The molecule has 2 unspecified atom stereocenters. The van der Waals surface area contributed by atoms with Crippen molar-refractivity contribution in [3.05, 3.63) is 200 Å². The minimum atomic E-state index is -0.495. The fourth-order valence-corrected chi connectivity index (χ4v) is 13.5. The standard InChI is InChI=1S/2C32H33ClN2O2/c2*1-34-18-6-10-26(34)9-5-13-30(36)24-8-4-7-22(19-24)21-35-29-12-3-2-11-27(29)32(31(35)37)20-28(32)23-14-16-25(33)17-15-23/h2*2-4,7-8,11-12,14-17,19,26,28H,5-6,9-10,13,18,20-21H2,1H3/t2*26?,28-,32-/m10/s1. The molecule has 12 rings (SSSR count). The smallest absolute Gasteiger partial charge is 0.238 e. The third-order valence-corrected chi connectivity index (χ3v) is 18.0. The Morgan fingerprint density at radius 3 is 1.32 bits per heavy atom. The summed E-state index contributed by atoms with van der Waals surface area (Å²) in [6.07, 6.45) is 11.8. The molecule has 0 N–H and O–H groups in total. The summed E-state index contributed by atoms with van der Waals surface area (Å²) in [5, 5.41) is 1.41. The number of carbonyl (C=O) groups excluding carboxylic acids is 4. The lowest BCUT2D eigenvalue weighted by Crippen LogP contribution is -2.32. The van der Waals surface area contributed by atoms with E-state index >= 15 is 0 Å². The maximum absolute atomic E-state index is 13.9. The highest BCUT2D eigenvalue weighted by molar-refractivity contribution is 6.30. The quantitative estimate of drug-likeness (QED) is 0.0899. The van der Waals surface area contributed by atoms with Crippen LogP contribution in [0.2, 0.25) is 10.0 Å². The number of nitrogens with zero attached hydrogens (tertiary/aromatic N) is 4. The third kappa shape index (κ3) is 9.68. The van der Waals surface area contributed by atoms with E-state index in [-0.39, 0.29) is 35.2 Å². The first-order chi connectivity index (χ1) is 35.9. The van der Waals surface area contributed by atoms with Gasteiger partial charge < -0.3 is 19.6 Å². The number of benzene rings is 6. The summed E-state index contributed by atoms with van der Waals surface area (Å²) < 4.78 is 0. The molecule has 2 amide bonds. The molecule has 4 fully saturated rings. The first kappa shape index (κ1) is 50.3. The Morgan fingerprint density at radius 2 is 0.932 bits per heavy atom. The monoisotopic (exact) mass is 1020 g/mol. The highest BCUT2D eigenvalue weighted by Gasteiger charge is 2.68. The molecular weight excluding hydrogens is 960 g/mol. The molecule has 6 aromatic carbocycles. The van der Waals surface area contributed by atoms with Crippen LogP contribution in [0.15, 0.2) is 146 Å². The van der Waals surface area contributed by atoms with Crippen molar-refractivity contribution in [3.8, 4) is 0 Å². The lowest BCUT2D eigenvalue weighted by atomic mass is 9.92. The number of anilines is 2. The van der Waals surface area contributed by atoms with Crippen molar-refractivity contribution < 1.29 is 19.2 Å². The Labute approximate surface area is 446 Å². The van der Waals surface area contributed by atoms with E-state index in [1.165, 1.54) is 38.8 Å². The van der Waals surface area contributed by atoms with Crippen LogP contribution in [0, 0.1) is 0 Å². The largest absolute Gasteiger partial charge is 0.307 e. The van der Waals surface area contributed by atoms with Gasteiger partial charge in [-0.05, 0) is 173 Å². The molecule has 4 heterocycles. The number of para-hydroxylation sites is 2. The number of fused-ring (bicyclic) bond motifs is 4. The van der Waals surface area contributed by atoms with Gasteiger partial charge in [-0.25, -0.2) is 0 Å².